The number of hydrogen-bond donors (Lipinski definition) is 1. The van der Waals surface area contributed by atoms with Gasteiger partial charge in [-0.1, -0.05) is 42.3 Å². The number of fused-ring (bicyclic) bond motifs is 1. The largest absolute Gasteiger partial charge is 0.494 e. The van der Waals surface area contributed by atoms with Gasteiger partial charge in [-0.05, 0) is 68.6 Å². The van der Waals surface area contributed by atoms with Crippen LogP contribution in [0, 0.1) is 0 Å². The first kappa shape index (κ1) is 28.6. The molecule has 2 unspecified atom stereocenters. The molecule has 2 heterocycles. The molecule has 1 fully saturated rings. The number of aliphatic hydroxyl groups is 1. The minimum atomic E-state index is -0.877. The van der Waals surface area contributed by atoms with Gasteiger partial charge in [0.05, 0.1) is 28.0 Å². The molecule has 2 aromatic rings. The first-order valence-electron chi connectivity index (χ1n) is 13.4. The van der Waals surface area contributed by atoms with Crippen LogP contribution >= 0.6 is 23.2 Å². The van der Waals surface area contributed by atoms with Gasteiger partial charge >= 0.3 is 5.97 Å². The normalized spacial score (nSPS) is 18.3. The number of piperazine rings is 1. The van der Waals surface area contributed by atoms with E-state index in [0.29, 0.717) is 23.1 Å². The molecule has 9 heteroatoms. The molecule has 0 aliphatic carbocycles. The van der Waals surface area contributed by atoms with Gasteiger partial charge in [0.15, 0.2) is 6.23 Å². The van der Waals surface area contributed by atoms with Gasteiger partial charge in [0.2, 0.25) is 0 Å². The summed E-state index contributed by atoms with van der Waals surface area (Å²) in [6.45, 7) is 9.16. The standard InChI is InChI=1S/C29H37Cl2N3O4/c1-3-7-28(36)38-21(2)34-26-20-23(12-10-22(26)11-13-27(34)35)37-19-5-4-14-32-15-17-33(18-16-32)25-9-6-8-24(30)29(25)31/h6,8-13,20-21,27,35H,3-5,7,14-19H2,1-2H3. The smallest absolute Gasteiger partial charge is 0.307 e. The fourth-order valence-electron chi connectivity index (χ4n) is 4.90. The number of hydrogen-bond acceptors (Lipinski definition) is 7. The van der Waals surface area contributed by atoms with Gasteiger partial charge in [0, 0.05) is 38.7 Å². The third kappa shape index (κ3) is 7.14. The summed E-state index contributed by atoms with van der Waals surface area (Å²) in [6.07, 6.45) is 5.14. The molecule has 0 saturated carbocycles. The zero-order valence-corrected chi connectivity index (χ0v) is 23.6. The average Bonchev–Trinajstić information content (AvgIpc) is 2.90. The number of aliphatic hydroxyl groups excluding tert-OH is 1. The Morgan fingerprint density at radius 2 is 1.89 bits per heavy atom. The van der Waals surface area contributed by atoms with Crippen molar-refractivity contribution in [1.82, 2.24) is 4.90 Å². The van der Waals surface area contributed by atoms with E-state index in [1.165, 1.54) is 0 Å². The Balaban J connectivity index is 1.23. The molecule has 0 amide bonds. The van der Waals surface area contributed by atoms with Crippen LogP contribution in [-0.2, 0) is 9.53 Å². The summed E-state index contributed by atoms with van der Waals surface area (Å²) in [5.41, 5.74) is 2.73. The van der Waals surface area contributed by atoms with E-state index in [1.807, 2.05) is 49.4 Å². The van der Waals surface area contributed by atoms with Crippen molar-refractivity contribution < 1.29 is 19.4 Å². The average molecular weight is 563 g/mol. The topological polar surface area (TPSA) is 65.5 Å². The van der Waals surface area contributed by atoms with Crippen molar-refractivity contribution in [3.63, 3.8) is 0 Å². The first-order valence-corrected chi connectivity index (χ1v) is 14.1. The number of halogens is 2. The summed E-state index contributed by atoms with van der Waals surface area (Å²) in [5, 5.41) is 11.8. The number of nitrogens with zero attached hydrogens (tertiary/aromatic N) is 3. The molecule has 2 aliphatic heterocycles. The van der Waals surface area contributed by atoms with E-state index in [-0.39, 0.29) is 5.97 Å². The molecule has 7 nitrogen and oxygen atoms in total. The molecule has 206 valence electrons. The van der Waals surface area contributed by atoms with Crippen molar-refractivity contribution in [3.05, 3.63) is 58.1 Å². The maximum atomic E-state index is 12.0. The lowest BCUT2D eigenvalue weighted by Crippen LogP contribution is -2.46. The van der Waals surface area contributed by atoms with Gasteiger partial charge in [-0.3, -0.25) is 9.69 Å². The number of anilines is 2. The summed E-state index contributed by atoms with van der Waals surface area (Å²) in [5.74, 6) is 0.459. The van der Waals surface area contributed by atoms with Crippen molar-refractivity contribution in [2.24, 2.45) is 0 Å². The fourth-order valence-corrected chi connectivity index (χ4v) is 5.32. The molecule has 0 radical (unpaired) electrons. The summed E-state index contributed by atoms with van der Waals surface area (Å²) >= 11 is 12.6. The van der Waals surface area contributed by atoms with E-state index in [4.69, 9.17) is 32.7 Å². The third-order valence-electron chi connectivity index (χ3n) is 6.94. The Morgan fingerprint density at radius 1 is 1.11 bits per heavy atom. The highest BCUT2D eigenvalue weighted by atomic mass is 35.5. The van der Waals surface area contributed by atoms with Crippen LogP contribution in [0.4, 0.5) is 11.4 Å². The van der Waals surface area contributed by atoms with Gasteiger partial charge in [-0.25, -0.2) is 0 Å². The molecule has 2 aliphatic rings. The van der Waals surface area contributed by atoms with Crippen LogP contribution < -0.4 is 14.5 Å². The minimum Gasteiger partial charge on any atom is -0.494 e. The number of esters is 1. The SMILES string of the molecule is CCCC(=O)OC(C)N1c2cc(OCCCCN3CCN(c4cccc(Cl)c4Cl)CC3)ccc2C=CC1O. The number of benzene rings is 2. The summed E-state index contributed by atoms with van der Waals surface area (Å²) in [7, 11) is 0. The second kappa shape index (κ2) is 13.6. The molecular weight excluding hydrogens is 525 g/mol. The molecule has 1 saturated heterocycles. The zero-order chi connectivity index (χ0) is 27.1. The van der Waals surface area contributed by atoms with E-state index in [9.17, 15) is 9.90 Å². The Labute approximate surface area is 235 Å². The third-order valence-corrected chi connectivity index (χ3v) is 7.75. The summed E-state index contributed by atoms with van der Waals surface area (Å²) < 4.78 is 11.6. The second-order valence-corrected chi connectivity index (χ2v) is 10.5. The molecule has 0 bridgehead atoms. The Kier molecular flexibility index (Phi) is 10.2. The predicted molar refractivity (Wildman–Crippen MR) is 154 cm³/mol. The number of unbranched alkanes of at least 4 members (excludes halogenated alkanes) is 1. The van der Waals surface area contributed by atoms with Crippen molar-refractivity contribution in [3.8, 4) is 5.75 Å². The van der Waals surface area contributed by atoms with Gasteiger partial charge in [-0.2, -0.15) is 0 Å². The zero-order valence-electron chi connectivity index (χ0n) is 22.1. The number of ether oxygens (including phenoxy) is 2. The van der Waals surface area contributed by atoms with Gasteiger partial charge in [0.1, 0.15) is 12.0 Å². The van der Waals surface area contributed by atoms with Crippen LogP contribution in [0.3, 0.4) is 0 Å². The van der Waals surface area contributed by atoms with Crippen LogP contribution in [0.2, 0.25) is 10.0 Å². The molecular formula is C29H37Cl2N3O4. The number of carbonyl (C=O) groups is 1. The maximum Gasteiger partial charge on any atom is 0.307 e. The van der Waals surface area contributed by atoms with Crippen molar-refractivity contribution in [2.45, 2.75) is 52.0 Å². The predicted octanol–water partition coefficient (Wildman–Crippen LogP) is 5.82. The van der Waals surface area contributed by atoms with E-state index in [1.54, 1.807) is 17.9 Å². The van der Waals surface area contributed by atoms with Crippen molar-refractivity contribution in [1.29, 1.82) is 0 Å². The Morgan fingerprint density at radius 3 is 2.66 bits per heavy atom. The Hall–Kier alpha value is -2.45. The van der Waals surface area contributed by atoms with E-state index >= 15 is 0 Å². The number of carbonyl (C=O) groups excluding carboxylic acids is 1. The molecule has 2 atom stereocenters. The van der Waals surface area contributed by atoms with E-state index in [2.05, 4.69) is 9.80 Å². The monoisotopic (exact) mass is 561 g/mol. The molecule has 1 N–H and O–H groups in total. The van der Waals surface area contributed by atoms with Crippen LogP contribution in [0.15, 0.2) is 42.5 Å². The van der Waals surface area contributed by atoms with Gasteiger partial charge < -0.3 is 24.4 Å². The van der Waals surface area contributed by atoms with Crippen molar-refractivity contribution >= 4 is 46.6 Å². The molecule has 2 aromatic carbocycles. The van der Waals surface area contributed by atoms with Crippen LogP contribution in [0.25, 0.3) is 6.08 Å². The molecule has 0 aromatic heterocycles. The van der Waals surface area contributed by atoms with Crippen molar-refractivity contribution in [2.75, 3.05) is 49.1 Å². The first-order chi connectivity index (χ1) is 18.4. The minimum absolute atomic E-state index is 0.273. The van der Waals surface area contributed by atoms with E-state index in [0.717, 1.165) is 74.7 Å². The number of rotatable bonds is 11. The molecule has 4 rings (SSSR count). The van der Waals surface area contributed by atoms with E-state index < -0.39 is 12.5 Å². The van der Waals surface area contributed by atoms with Crippen LogP contribution in [0.5, 0.6) is 5.75 Å². The van der Waals surface area contributed by atoms with Gasteiger partial charge in [-0.15, -0.1) is 0 Å². The highest BCUT2D eigenvalue weighted by Gasteiger charge is 2.28. The van der Waals surface area contributed by atoms with Crippen LogP contribution in [-0.4, -0.2) is 67.8 Å². The lowest BCUT2D eigenvalue weighted by atomic mass is 10.1. The highest BCUT2D eigenvalue weighted by Crippen LogP contribution is 2.34. The van der Waals surface area contributed by atoms with Crippen LogP contribution in [0.1, 0.15) is 45.1 Å². The summed E-state index contributed by atoms with van der Waals surface area (Å²) in [6, 6.07) is 11.6. The maximum absolute atomic E-state index is 12.0. The second-order valence-electron chi connectivity index (χ2n) is 9.70. The quantitative estimate of drug-likeness (QED) is 0.274. The van der Waals surface area contributed by atoms with Gasteiger partial charge in [0.25, 0.3) is 0 Å². The lowest BCUT2D eigenvalue weighted by Gasteiger charge is -2.37. The highest BCUT2D eigenvalue weighted by molar-refractivity contribution is 6.43. The lowest BCUT2D eigenvalue weighted by molar-refractivity contribution is -0.149. The molecule has 38 heavy (non-hydrogen) atoms. The Bertz CT molecular complexity index is 1120. The fraction of sp³-hybridized carbons (Fsp3) is 0.483. The summed E-state index contributed by atoms with van der Waals surface area (Å²) in [4.78, 5) is 18.5. The molecule has 0 spiro atoms.